The van der Waals surface area contributed by atoms with E-state index in [-0.39, 0.29) is 23.7 Å². The predicted octanol–water partition coefficient (Wildman–Crippen LogP) is 5.79. The molecule has 0 bridgehead atoms. The fourth-order valence-corrected chi connectivity index (χ4v) is 4.31. The number of hydrogen-bond acceptors (Lipinski definition) is 4. The van der Waals surface area contributed by atoms with E-state index in [9.17, 15) is 9.18 Å². The lowest BCUT2D eigenvalue weighted by molar-refractivity contribution is -0.138. The van der Waals surface area contributed by atoms with Crippen molar-refractivity contribution in [3.63, 3.8) is 0 Å². The van der Waals surface area contributed by atoms with Gasteiger partial charge >= 0.3 is 0 Å². The van der Waals surface area contributed by atoms with Crippen molar-refractivity contribution < 1.29 is 13.9 Å². The summed E-state index contributed by atoms with van der Waals surface area (Å²) in [4.78, 5) is 19.5. The van der Waals surface area contributed by atoms with Gasteiger partial charge in [-0.25, -0.2) is 4.39 Å². The fraction of sp³-hybridized carbons (Fsp3) is 0.407. The Kier molecular flexibility index (Phi) is 7.43. The zero-order valence-electron chi connectivity index (χ0n) is 19.4. The number of methoxy groups -OCH3 is 1. The molecule has 1 amide bonds. The lowest BCUT2D eigenvalue weighted by atomic mass is 9.84. The zero-order chi connectivity index (χ0) is 23.2. The zero-order valence-corrected chi connectivity index (χ0v) is 19.4. The minimum atomic E-state index is -0.255. The number of ether oxygens (including phenoxy) is 1. The molecule has 1 saturated carbocycles. The van der Waals surface area contributed by atoms with Crippen molar-refractivity contribution in [3.05, 3.63) is 66.1 Å². The van der Waals surface area contributed by atoms with Crippen LogP contribution >= 0.6 is 0 Å². The Bertz CT molecular complexity index is 1080. The lowest BCUT2D eigenvalue weighted by Crippen LogP contribution is -2.39. The van der Waals surface area contributed by atoms with Gasteiger partial charge in [0.25, 0.3) is 0 Å². The molecule has 0 aliphatic heterocycles. The third-order valence-corrected chi connectivity index (χ3v) is 6.43. The van der Waals surface area contributed by atoms with Gasteiger partial charge in [0.1, 0.15) is 11.6 Å². The number of nitrogens with one attached hydrogen (secondary N) is 1. The number of hydrogen-bond donors (Lipinski definition) is 1. The van der Waals surface area contributed by atoms with E-state index >= 15 is 0 Å². The maximum atomic E-state index is 13.3. The van der Waals surface area contributed by atoms with Gasteiger partial charge in [-0.15, -0.1) is 0 Å². The van der Waals surface area contributed by atoms with Gasteiger partial charge in [-0.2, -0.15) is 0 Å². The normalized spacial score (nSPS) is 14.5. The number of benzene rings is 2. The van der Waals surface area contributed by atoms with Crippen molar-refractivity contribution in [2.45, 2.75) is 51.6 Å². The monoisotopic (exact) mass is 449 g/mol. The Balaban J connectivity index is 1.38. The molecule has 0 spiro atoms. The number of halogens is 1. The third kappa shape index (κ3) is 5.81. The van der Waals surface area contributed by atoms with Crippen molar-refractivity contribution in [1.29, 1.82) is 0 Å². The SMILES string of the molecule is COc1cc(NC(C)CCCN(Cc2ccc(F)cc2)C(=O)C2CCC2)c2ncccc2c1. The minimum absolute atomic E-state index is 0.148. The molecule has 3 aromatic rings. The Morgan fingerprint density at radius 2 is 2.03 bits per heavy atom. The number of anilines is 1. The van der Waals surface area contributed by atoms with E-state index in [2.05, 4.69) is 17.2 Å². The quantitative estimate of drug-likeness (QED) is 0.426. The second-order valence-corrected chi connectivity index (χ2v) is 8.95. The summed E-state index contributed by atoms with van der Waals surface area (Å²) < 4.78 is 18.7. The number of nitrogens with zero attached hydrogens (tertiary/aromatic N) is 2. The number of fused-ring (bicyclic) bond motifs is 1. The first-order valence-corrected chi connectivity index (χ1v) is 11.8. The van der Waals surface area contributed by atoms with Gasteiger partial charge in [0.05, 0.1) is 18.3 Å². The van der Waals surface area contributed by atoms with E-state index in [0.29, 0.717) is 13.1 Å². The minimum Gasteiger partial charge on any atom is -0.497 e. The van der Waals surface area contributed by atoms with Gasteiger partial charge in [-0.1, -0.05) is 24.6 Å². The van der Waals surface area contributed by atoms with Gasteiger partial charge < -0.3 is 15.0 Å². The molecule has 1 unspecified atom stereocenters. The topological polar surface area (TPSA) is 54.5 Å². The van der Waals surface area contributed by atoms with Crippen LogP contribution in [0.15, 0.2) is 54.7 Å². The number of rotatable bonds is 10. The molecule has 2 aromatic carbocycles. The van der Waals surface area contributed by atoms with Crippen LogP contribution in [0.3, 0.4) is 0 Å². The Labute approximate surface area is 195 Å². The number of carbonyl (C=O) groups excluding carboxylic acids is 1. The van der Waals surface area contributed by atoms with Crippen LogP contribution in [0.2, 0.25) is 0 Å². The number of pyridine rings is 1. The fourth-order valence-electron chi connectivity index (χ4n) is 4.31. The number of aromatic nitrogens is 1. The molecule has 6 heteroatoms. The molecular weight excluding hydrogens is 417 g/mol. The van der Waals surface area contributed by atoms with E-state index in [1.165, 1.54) is 12.1 Å². The second kappa shape index (κ2) is 10.6. The molecule has 1 N–H and O–H groups in total. The van der Waals surface area contributed by atoms with Crippen LogP contribution in [-0.2, 0) is 11.3 Å². The Hall–Kier alpha value is -3.15. The molecule has 1 aliphatic carbocycles. The third-order valence-electron chi connectivity index (χ3n) is 6.43. The smallest absolute Gasteiger partial charge is 0.225 e. The first kappa shape index (κ1) is 23.0. The van der Waals surface area contributed by atoms with Gasteiger partial charge in [0.15, 0.2) is 0 Å². The van der Waals surface area contributed by atoms with Crippen molar-refractivity contribution in [1.82, 2.24) is 9.88 Å². The average Bonchev–Trinajstić information content (AvgIpc) is 2.78. The van der Waals surface area contributed by atoms with Crippen LogP contribution in [0.1, 0.15) is 44.6 Å². The molecule has 4 rings (SSSR count). The van der Waals surface area contributed by atoms with Crippen LogP contribution in [-0.4, -0.2) is 35.5 Å². The maximum Gasteiger partial charge on any atom is 0.225 e. The van der Waals surface area contributed by atoms with Crippen LogP contribution in [0.5, 0.6) is 5.75 Å². The molecule has 33 heavy (non-hydrogen) atoms. The van der Waals surface area contributed by atoms with Gasteiger partial charge in [0.2, 0.25) is 5.91 Å². The summed E-state index contributed by atoms with van der Waals surface area (Å²) in [5.74, 6) is 0.918. The van der Waals surface area contributed by atoms with E-state index in [4.69, 9.17) is 4.74 Å². The highest BCUT2D eigenvalue weighted by molar-refractivity contribution is 5.91. The number of amides is 1. The first-order chi connectivity index (χ1) is 16.0. The molecule has 1 heterocycles. The van der Waals surface area contributed by atoms with Crippen LogP contribution < -0.4 is 10.1 Å². The summed E-state index contributed by atoms with van der Waals surface area (Å²) in [6.07, 6.45) is 6.67. The first-order valence-electron chi connectivity index (χ1n) is 11.8. The van der Waals surface area contributed by atoms with Crippen LogP contribution in [0.25, 0.3) is 10.9 Å². The summed E-state index contributed by atoms with van der Waals surface area (Å²) in [7, 11) is 1.67. The summed E-state index contributed by atoms with van der Waals surface area (Å²) in [6, 6.07) is 14.6. The largest absolute Gasteiger partial charge is 0.497 e. The predicted molar refractivity (Wildman–Crippen MR) is 130 cm³/mol. The average molecular weight is 450 g/mol. The lowest BCUT2D eigenvalue weighted by Gasteiger charge is -2.32. The van der Waals surface area contributed by atoms with E-state index in [1.54, 1.807) is 25.4 Å². The molecule has 1 aromatic heterocycles. The van der Waals surface area contributed by atoms with Crippen molar-refractivity contribution in [2.24, 2.45) is 5.92 Å². The highest BCUT2D eigenvalue weighted by Gasteiger charge is 2.29. The maximum absolute atomic E-state index is 13.3. The van der Waals surface area contributed by atoms with Gasteiger partial charge in [0, 0.05) is 42.7 Å². The van der Waals surface area contributed by atoms with E-state index in [0.717, 1.165) is 60.0 Å². The molecule has 174 valence electrons. The van der Waals surface area contributed by atoms with Crippen LogP contribution in [0, 0.1) is 11.7 Å². The summed E-state index contributed by atoms with van der Waals surface area (Å²) in [6.45, 7) is 3.37. The van der Waals surface area contributed by atoms with Crippen molar-refractivity contribution in [3.8, 4) is 5.75 Å². The molecule has 5 nitrogen and oxygen atoms in total. The molecule has 1 fully saturated rings. The van der Waals surface area contributed by atoms with Crippen molar-refractivity contribution in [2.75, 3.05) is 19.0 Å². The second-order valence-electron chi connectivity index (χ2n) is 8.95. The molecule has 1 atom stereocenters. The molecule has 0 radical (unpaired) electrons. The Morgan fingerprint density at radius 3 is 2.73 bits per heavy atom. The number of carbonyl (C=O) groups is 1. The molecule has 1 aliphatic rings. The van der Waals surface area contributed by atoms with Gasteiger partial charge in [-0.3, -0.25) is 9.78 Å². The molecule has 0 saturated heterocycles. The highest BCUT2D eigenvalue weighted by atomic mass is 19.1. The standard InChI is InChI=1S/C27H32FN3O2/c1-19(30-25-17-24(33-2)16-22-9-4-14-29-26(22)25)6-5-15-31(27(32)21-7-3-8-21)18-20-10-12-23(28)13-11-20/h4,9-14,16-17,19,21,30H,3,5-8,15,18H2,1-2H3. The Morgan fingerprint density at radius 1 is 1.24 bits per heavy atom. The van der Waals surface area contributed by atoms with Crippen LogP contribution in [0.4, 0.5) is 10.1 Å². The summed E-state index contributed by atoms with van der Waals surface area (Å²) >= 11 is 0. The molecular formula is C27H32FN3O2. The summed E-state index contributed by atoms with van der Waals surface area (Å²) in [5.41, 5.74) is 2.83. The summed E-state index contributed by atoms with van der Waals surface area (Å²) in [5, 5.41) is 4.61. The van der Waals surface area contributed by atoms with E-state index in [1.807, 2.05) is 29.2 Å². The van der Waals surface area contributed by atoms with Gasteiger partial charge in [-0.05, 0) is 62.4 Å². The van der Waals surface area contributed by atoms with E-state index < -0.39 is 0 Å². The van der Waals surface area contributed by atoms with Crippen molar-refractivity contribution >= 4 is 22.5 Å². The highest BCUT2D eigenvalue weighted by Crippen LogP contribution is 2.30.